The third-order valence-electron chi connectivity index (χ3n) is 5.68. The number of hydrogen-bond donors (Lipinski definition) is 1. The molecule has 2 aliphatic carbocycles. The molecule has 152 valence electrons. The maximum atomic E-state index is 14.0. The minimum atomic E-state index is -2.84. The summed E-state index contributed by atoms with van der Waals surface area (Å²) in [5.74, 6) is -4.72. The second kappa shape index (κ2) is 6.86. The van der Waals surface area contributed by atoms with E-state index in [1.54, 1.807) is 0 Å². The molecule has 1 fully saturated rings. The van der Waals surface area contributed by atoms with Gasteiger partial charge in [-0.2, -0.15) is 0 Å². The Kier molecular flexibility index (Phi) is 4.59. The van der Waals surface area contributed by atoms with Gasteiger partial charge in [0, 0.05) is 24.6 Å². The van der Waals surface area contributed by atoms with Crippen molar-refractivity contribution in [2.45, 2.75) is 43.2 Å². The Morgan fingerprint density at radius 2 is 1.83 bits per heavy atom. The standard InChI is InChI=1S/C21H18F4N2O2/c22-14-2-1-3-17(8-14)27(12-28)21(19(29)26-16-10-20(24,25)11-16)7-6-13-4-5-15(23)9-18(13)21/h1-5,8-9,12,16H,6-7,10-11H2,(H,26,29). The monoisotopic (exact) mass is 406 g/mol. The van der Waals surface area contributed by atoms with Crippen LogP contribution in [0.3, 0.4) is 0 Å². The van der Waals surface area contributed by atoms with Gasteiger partial charge in [-0.05, 0) is 54.3 Å². The number of hydrogen-bond acceptors (Lipinski definition) is 2. The molecule has 2 aromatic carbocycles. The summed E-state index contributed by atoms with van der Waals surface area (Å²) in [5, 5.41) is 2.58. The van der Waals surface area contributed by atoms with Crippen LogP contribution in [0.25, 0.3) is 0 Å². The first-order valence-electron chi connectivity index (χ1n) is 9.23. The molecule has 4 nitrogen and oxygen atoms in total. The molecule has 29 heavy (non-hydrogen) atoms. The molecule has 1 saturated carbocycles. The molecule has 2 aliphatic rings. The number of halogens is 4. The summed E-state index contributed by atoms with van der Waals surface area (Å²) < 4.78 is 54.3. The Hall–Kier alpha value is -2.90. The normalized spacial score (nSPS) is 22.5. The van der Waals surface area contributed by atoms with Crippen molar-refractivity contribution in [2.24, 2.45) is 0 Å². The van der Waals surface area contributed by atoms with Gasteiger partial charge in [-0.1, -0.05) is 12.1 Å². The van der Waals surface area contributed by atoms with Crippen LogP contribution >= 0.6 is 0 Å². The molecule has 2 amide bonds. The van der Waals surface area contributed by atoms with E-state index in [-0.39, 0.29) is 17.7 Å². The minimum absolute atomic E-state index is 0.117. The van der Waals surface area contributed by atoms with Gasteiger partial charge in [0.25, 0.3) is 11.8 Å². The van der Waals surface area contributed by atoms with Gasteiger partial charge < -0.3 is 5.32 Å². The predicted molar refractivity (Wildman–Crippen MR) is 97.5 cm³/mol. The zero-order valence-electron chi connectivity index (χ0n) is 15.3. The second-order valence-corrected chi connectivity index (χ2v) is 7.55. The lowest BCUT2D eigenvalue weighted by Crippen LogP contribution is -2.60. The van der Waals surface area contributed by atoms with E-state index in [4.69, 9.17) is 0 Å². The number of aryl methyl sites for hydroxylation is 1. The Morgan fingerprint density at radius 1 is 1.10 bits per heavy atom. The van der Waals surface area contributed by atoms with Crippen molar-refractivity contribution in [1.29, 1.82) is 0 Å². The molecule has 1 unspecified atom stereocenters. The molecule has 1 atom stereocenters. The fourth-order valence-corrected chi connectivity index (χ4v) is 4.26. The van der Waals surface area contributed by atoms with E-state index < -0.39 is 47.9 Å². The first-order valence-corrected chi connectivity index (χ1v) is 9.23. The number of carbonyl (C=O) groups excluding carboxylic acids is 2. The van der Waals surface area contributed by atoms with Gasteiger partial charge in [0.1, 0.15) is 11.6 Å². The first-order chi connectivity index (χ1) is 13.7. The summed E-state index contributed by atoms with van der Waals surface area (Å²) in [6, 6.07) is 8.36. The van der Waals surface area contributed by atoms with Crippen LogP contribution in [0.5, 0.6) is 0 Å². The summed E-state index contributed by atoms with van der Waals surface area (Å²) in [4.78, 5) is 26.5. The first kappa shape index (κ1) is 19.4. The molecule has 0 bridgehead atoms. The number of benzene rings is 2. The van der Waals surface area contributed by atoms with E-state index >= 15 is 0 Å². The Balaban J connectivity index is 1.79. The maximum Gasteiger partial charge on any atom is 0.252 e. The molecule has 2 aromatic rings. The third kappa shape index (κ3) is 3.26. The van der Waals surface area contributed by atoms with Crippen LogP contribution in [0.1, 0.15) is 30.4 Å². The maximum absolute atomic E-state index is 14.0. The molecule has 0 spiro atoms. The van der Waals surface area contributed by atoms with Gasteiger partial charge in [-0.15, -0.1) is 0 Å². The smallest absolute Gasteiger partial charge is 0.252 e. The van der Waals surface area contributed by atoms with Crippen LogP contribution in [0, 0.1) is 11.6 Å². The minimum Gasteiger partial charge on any atom is -0.351 e. The van der Waals surface area contributed by atoms with Crippen molar-refractivity contribution in [3.8, 4) is 0 Å². The number of carbonyl (C=O) groups is 2. The van der Waals surface area contributed by atoms with Crippen molar-refractivity contribution in [3.63, 3.8) is 0 Å². The molecular formula is C21H18F4N2O2. The van der Waals surface area contributed by atoms with E-state index in [0.717, 1.165) is 11.0 Å². The van der Waals surface area contributed by atoms with Gasteiger partial charge in [0.15, 0.2) is 5.54 Å². The predicted octanol–water partition coefficient (Wildman–Crippen LogP) is 3.68. The highest BCUT2D eigenvalue weighted by molar-refractivity contribution is 5.98. The summed E-state index contributed by atoms with van der Waals surface area (Å²) in [5.41, 5.74) is -0.593. The van der Waals surface area contributed by atoms with Crippen LogP contribution in [0.2, 0.25) is 0 Å². The van der Waals surface area contributed by atoms with Gasteiger partial charge in [0.05, 0.1) is 0 Å². The summed E-state index contributed by atoms with van der Waals surface area (Å²) >= 11 is 0. The van der Waals surface area contributed by atoms with Crippen molar-refractivity contribution in [2.75, 3.05) is 4.90 Å². The van der Waals surface area contributed by atoms with Gasteiger partial charge in [0.2, 0.25) is 6.41 Å². The highest BCUT2D eigenvalue weighted by Crippen LogP contribution is 2.45. The Morgan fingerprint density at radius 3 is 2.48 bits per heavy atom. The van der Waals surface area contributed by atoms with Crippen molar-refractivity contribution >= 4 is 18.0 Å². The Bertz CT molecular complexity index is 973. The topological polar surface area (TPSA) is 49.4 Å². The lowest BCUT2D eigenvalue weighted by Gasteiger charge is -2.42. The summed E-state index contributed by atoms with van der Waals surface area (Å²) in [6.45, 7) is 0. The Labute approximate surface area is 164 Å². The van der Waals surface area contributed by atoms with Crippen LogP contribution in [-0.2, 0) is 21.5 Å². The van der Waals surface area contributed by atoms with Gasteiger partial charge in [-0.3, -0.25) is 14.5 Å². The van der Waals surface area contributed by atoms with Crippen LogP contribution < -0.4 is 10.2 Å². The van der Waals surface area contributed by atoms with Crippen LogP contribution in [-0.4, -0.2) is 24.3 Å². The number of fused-ring (bicyclic) bond motifs is 1. The summed E-state index contributed by atoms with van der Waals surface area (Å²) in [6.07, 6.45) is -0.0962. The number of nitrogens with zero attached hydrogens (tertiary/aromatic N) is 1. The molecule has 4 rings (SSSR count). The van der Waals surface area contributed by atoms with Gasteiger partial charge in [-0.25, -0.2) is 17.6 Å². The van der Waals surface area contributed by atoms with E-state index in [0.29, 0.717) is 18.4 Å². The molecule has 1 N–H and O–H groups in total. The number of alkyl halides is 2. The quantitative estimate of drug-likeness (QED) is 0.608. The molecule has 8 heteroatoms. The van der Waals surface area contributed by atoms with Crippen molar-refractivity contribution in [1.82, 2.24) is 5.32 Å². The van der Waals surface area contributed by atoms with Crippen LogP contribution in [0.15, 0.2) is 42.5 Å². The third-order valence-corrected chi connectivity index (χ3v) is 5.68. The lowest BCUT2D eigenvalue weighted by atomic mass is 9.84. The fourth-order valence-electron chi connectivity index (χ4n) is 4.26. The number of anilines is 1. The van der Waals surface area contributed by atoms with E-state index in [1.165, 1.54) is 36.4 Å². The fraction of sp³-hybridized carbons (Fsp3) is 0.333. The average molecular weight is 406 g/mol. The molecule has 0 heterocycles. The molecule has 0 aliphatic heterocycles. The van der Waals surface area contributed by atoms with Crippen LogP contribution in [0.4, 0.5) is 23.2 Å². The lowest BCUT2D eigenvalue weighted by molar-refractivity contribution is -0.135. The number of rotatable bonds is 5. The molecule has 0 aromatic heterocycles. The van der Waals surface area contributed by atoms with E-state index in [9.17, 15) is 27.2 Å². The zero-order chi connectivity index (χ0) is 20.8. The highest BCUT2D eigenvalue weighted by atomic mass is 19.3. The zero-order valence-corrected chi connectivity index (χ0v) is 15.3. The van der Waals surface area contributed by atoms with Gasteiger partial charge >= 0.3 is 0 Å². The molecular weight excluding hydrogens is 388 g/mol. The average Bonchev–Trinajstić information content (AvgIpc) is 3.00. The SMILES string of the molecule is O=CN(c1cccc(F)c1)C1(C(=O)NC2CC(F)(F)C2)CCc2ccc(F)cc21. The summed E-state index contributed by atoms with van der Waals surface area (Å²) in [7, 11) is 0. The second-order valence-electron chi connectivity index (χ2n) is 7.55. The van der Waals surface area contributed by atoms with Crippen molar-refractivity contribution < 1.29 is 27.2 Å². The van der Waals surface area contributed by atoms with Crippen molar-refractivity contribution in [3.05, 3.63) is 65.2 Å². The number of amides is 2. The number of nitrogens with one attached hydrogen (secondary N) is 1. The largest absolute Gasteiger partial charge is 0.351 e. The molecule has 0 saturated heterocycles. The molecule has 0 radical (unpaired) electrons. The highest BCUT2D eigenvalue weighted by Gasteiger charge is 2.53. The van der Waals surface area contributed by atoms with E-state index in [2.05, 4.69) is 5.32 Å². The van der Waals surface area contributed by atoms with E-state index in [1.807, 2.05) is 0 Å².